The molecule has 0 saturated carbocycles. The van der Waals surface area contributed by atoms with Crippen molar-refractivity contribution in [3.63, 3.8) is 0 Å². The van der Waals surface area contributed by atoms with Gasteiger partial charge in [-0.15, -0.1) is 16.4 Å². The van der Waals surface area contributed by atoms with Gasteiger partial charge in [0.1, 0.15) is 5.75 Å². The fourth-order valence-electron chi connectivity index (χ4n) is 3.64. The van der Waals surface area contributed by atoms with Gasteiger partial charge in [-0.1, -0.05) is 0 Å². The van der Waals surface area contributed by atoms with Gasteiger partial charge < -0.3 is 26.2 Å². The van der Waals surface area contributed by atoms with Crippen molar-refractivity contribution in [3.8, 4) is 27.8 Å². The van der Waals surface area contributed by atoms with E-state index in [1.165, 1.54) is 11.3 Å². The van der Waals surface area contributed by atoms with Gasteiger partial charge in [0, 0.05) is 42.0 Å². The first kappa shape index (κ1) is 22.2. The lowest BCUT2D eigenvalue weighted by Gasteiger charge is -2.32. The number of carbonyl (C=O) groups is 1. The third-order valence-corrected chi connectivity index (χ3v) is 6.30. The first-order valence-electron chi connectivity index (χ1n) is 10.4. The zero-order valence-corrected chi connectivity index (χ0v) is 19.1. The molecule has 10 nitrogen and oxygen atoms in total. The zero-order valence-electron chi connectivity index (χ0n) is 18.3. The molecule has 1 fully saturated rings. The van der Waals surface area contributed by atoms with Crippen molar-refractivity contribution in [1.29, 1.82) is 0 Å². The van der Waals surface area contributed by atoms with Crippen molar-refractivity contribution < 1.29 is 14.6 Å². The second-order valence-corrected chi connectivity index (χ2v) is 9.30. The number of anilines is 1. The van der Waals surface area contributed by atoms with E-state index < -0.39 is 5.97 Å². The standard InChI is InChI=1S/C17H17N5O3S.C4H10N2/c1-8(2)22-14(20-17(18)21-22)15-19-13-10-4-3-9(16(23)24)7-11(10)25-6-5-12(13)26-15;1-6-2-4(5)3-6/h3-4,7-8H,5-6H2,1-2H3,(H2,18,21)(H,23,24);4H,2-3,5H2,1H3. The summed E-state index contributed by atoms with van der Waals surface area (Å²) in [6.07, 6.45) is 0.690. The third-order valence-electron chi connectivity index (χ3n) is 5.19. The van der Waals surface area contributed by atoms with Crippen molar-refractivity contribution in [2.75, 3.05) is 32.5 Å². The van der Waals surface area contributed by atoms with E-state index >= 15 is 0 Å². The summed E-state index contributed by atoms with van der Waals surface area (Å²) in [5.41, 5.74) is 13.0. The molecule has 2 aliphatic heterocycles. The van der Waals surface area contributed by atoms with Gasteiger partial charge in [-0.2, -0.15) is 4.98 Å². The number of nitrogens with two attached hydrogens (primary N) is 2. The molecule has 1 saturated heterocycles. The zero-order chi connectivity index (χ0) is 23.0. The van der Waals surface area contributed by atoms with Crippen molar-refractivity contribution in [2.45, 2.75) is 32.4 Å². The number of aromatic nitrogens is 4. The summed E-state index contributed by atoms with van der Waals surface area (Å²) in [7, 11) is 2.07. The maximum atomic E-state index is 11.2. The lowest BCUT2D eigenvalue weighted by molar-refractivity contribution is 0.0696. The molecular weight excluding hydrogens is 430 g/mol. The average Bonchev–Trinajstić information content (AvgIpc) is 3.27. The molecule has 1 aromatic carbocycles. The van der Waals surface area contributed by atoms with Crippen LogP contribution in [0.5, 0.6) is 5.75 Å². The van der Waals surface area contributed by atoms with Gasteiger partial charge in [-0.05, 0) is 39.1 Å². The van der Waals surface area contributed by atoms with Gasteiger partial charge in [0.25, 0.3) is 0 Å². The van der Waals surface area contributed by atoms with Crippen LogP contribution in [-0.4, -0.2) is 68.5 Å². The molecule has 5 rings (SSSR count). The Kier molecular flexibility index (Phi) is 6.13. The van der Waals surface area contributed by atoms with Crippen molar-refractivity contribution in [2.24, 2.45) is 5.73 Å². The Balaban J connectivity index is 0.000000354. The van der Waals surface area contributed by atoms with Crippen molar-refractivity contribution >= 4 is 23.3 Å². The smallest absolute Gasteiger partial charge is 0.335 e. The number of likely N-dealkylation sites (N-methyl/N-ethyl adjacent to an activating group) is 1. The van der Waals surface area contributed by atoms with Crippen LogP contribution < -0.4 is 16.2 Å². The van der Waals surface area contributed by atoms with Gasteiger partial charge >= 0.3 is 5.97 Å². The topological polar surface area (TPSA) is 145 Å². The number of fused-ring (bicyclic) bond motifs is 3. The van der Waals surface area contributed by atoms with Crippen molar-refractivity contribution in [1.82, 2.24) is 24.6 Å². The molecule has 4 heterocycles. The summed E-state index contributed by atoms with van der Waals surface area (Å²) < 4.78 is 7.50. The largest absolute Gasteiger partial charge is 0.492 e. The Morgan fingerprint density at radius 1 is 1.31 bits per heavy atom. The lowest BCUT2D eigenvalue weighted by atomic mass is 10.1. The number of rotatable bonds is 3. The van der Waals surface area contributed by atoms with Crippen molar-refractivity contribution in [3.05, 3.63) is 28.6 Å². The molecule has 2 aliphatic rings. The summed E-state index contributed by atoms with van der Waals surface area (Å²) in [5, 5.41) is 14.2. The number of nitrogen functional groups attached to an aromatic ring is 1. The van der Waals surface area contributed by atoms with Gasteiger partial charge in [-0.25, -0.2) is 14.5 Å². The molecule has 0 bridgehead atoms. The number of hydrogen-bond acceptors (Lipinski definition) is 9. The van der Waals surface area contributed by atoms with Gasteiger partial charge in [0.2, 0.25) is 5.95 Å². The van der Waals surface area contributed by atoms with E-state index in [0.29, 0.717) is 30.6 Å². The van der Waals surface area contributed by atoms with Gasteiger partial charge in [-0.3, -0.25) is 0 Å². The predicted octanol–water partition coefficient (Wildman–Crippen LogP) is 2.12. The predicted molar refractivity (Wildman–Crippen MR) is 123 cm³/mol. The van der Waals surface area contributed by atoms with Crippen LogP contribution in [0.15, 0.2) is 18.2 Å². The summed E-state index contributed by atoms with van der Waals surface area (Å²) in [6.45, 7) is 6.64. The number of carboxylic acid groups (broad SMARTS) is 1. The molecule has 0 spiro atoms. The van der Waals surface area contributed by atoms with E-state index in [-0.39, 0.29) is 17.6 Å². The van der Waals surface area contributed by atoms with E-state index in [2.05, 4.69) is 22.0 Å². The fraction of sp³-hybridized carbons (Fsp3) is 0.429. The monoisotopic (exact) mass is 457 g/mol. The van der Waals surface area contributed by atoms with E-state index in [9.17, 15) is 9.90 Å². The molecule has 0 radical (unpaired) electrons. The quantitative estimate of drug-likeness (QED) is 0.538. The van der Waals surface area contributed by atoms with Gasteiger partial charge in [0.15, 0.2) is 10.8 Å². The molecule has 0 unspecified atom stereocenters. The summed E-state index contributed by atoms with van der Waals surface area (Å²) in [6, 6.07) is 5.42. The lowest BCUT2D eigenvalue weighted by Crippen LogP contribution is -2.53. The highest BCUT2D eigenvalue weighted by Crippen LogP contribution is 2.40. The molecular formula is C21H27N7O3S. The minimum atomic E-state index is -0.986. The fourth-order valence-corrected chi connectivity index (χ4v) is 4.68. The number of benzene rings is 1. The van der Waals surface area contributed by atoms with Gasteiger partial charge in [0.05, 0.1) is 17.9 Å². The first-order chi connectivity index (χ1) is 15.2. The normalized spacial score (nSPS) is 15.7. The van der Waals surface area contributed by atoms with E-state index in [4.69, 9.17) is 21.2 Å². The third kappa shape index (κ3) is 4.45. The summed E-state index contributed by atoms with van der Waals surface area (Å²) in [4.78, 5) is 23.6. The van der Waals surface area contributed by atoms with E-state index in [1.54, 1.807) is 22.9 Å². The van der Waals surface area contributed by atoms with Crippen LogP contribution >= 0.6 is 11.3 Å². The molecule has 0 atom stereocenters. The number of carboxylic acids is 1. The number of hydrogen-bond donors (Lipinski definition) is 3. The molecule has 0 aliphatic carbocycles. The summed E-state index contributed by atoms with van der Waals surface area (Å²) >= 11 is 1.53. The van der Waals surface area contributed by atoms with Crippen LogP contribution in [0.4, 0.5) is 5.95 Å². The van der Waals surface area contributed by atoms with E-state index in [1.807, 2.05) is 13.8 Å². The Bertz CT molecular complexity index is 1130. The number of nitrogens with zero attached hydrogens (tertiary/aromatic N) is 5. The average molecular weight is 458 g/mol. The first-order valence-corrected chi connectivity index (χ1v) is 11.2. The Morgan fingerprint density at radius 3 is 2.66 bits per heavy atom. The molecule has 3 aromatic rings. The highest BCUT2D eigenvalue weighted by Gasteiger charge is 2.24. The molecule has 2 aromatic heterocycles. The molecule has 11 heteroatoms. The maximum absolute atomic E-state index is 11.2. The molecule has 0 amide bonds. The van der Waals surface area contributed by atoms with Crippen LogP contribution in [0.2, 0.25) is 0 Å². The molecule has 5 N–H and O–H groups in total. The second-order valence-electron chi connectivity index (χ2n) is 8.22. The van der Waals surface area contributed by atoms with Crippen LogP contribution in [0.1, 0.15) is 35.1 Å². The van der Waals surface area contributed by atoms with Crippen LogP contribution in [0, 0.1) is 0 Å². The van der Waals surface area contributed by atoms with E-state index in [0.717, 1.165) is 34.2 Å². The SMILES string of the molecule is CC(C)n1nc(N)nc1-c1nc2c(s1)CCOc1cc(C(=O)O)ccc1-2.CN1CC(N)C1. The minimum absolute atomic E-state index is 0.104. The van der Waals surface area contributed by atoms with Crippen LogP contribution in [0.25, 0.3) is 22.1 Å². The number of thiazole rings is 1. The number of aromatic carboxylic acids is 1. The Hall–Kier alpha value is -3.02. The molecule has 170 valence electrons. The molecule has 32 heavy (non-hydrogen) atoms. The Labute approximate surface area is 189 Å². The Morgan fingerprint density at radius 2 is 2.06 bits per heavy atom. The van der Waals surface area contributed by atoms with Crippen LogP contribution in [-0.2, 0) is 6.42 Å². The number of ether oxygens (including phenoxy) is 1. The minimum Gasteiger partial charge on any atom is -0.492 e. The second kappa shape index (κ2) is 8.85. The number of likely N-dealkylation sites (tertiary alicyclic amines) is 1. The summed E-state index contributed by atoms with van der Waals surface area (Å²) in [5.74, 6) is 0.403. The maximum Gasteiger partial charge on any atom is 0.335 e. The highest BCUT2D eigenvalue weighted by atomic mass is 32.1. The van der Waals surface area contributed by atoms with Crippen LogP contribution in [0.3, 0.4) is 0 Å². The highest BCUT2D eigenvalue weighted by molar-refractivity contribution is 7.15.